The second kappa shape index (κ2) is 5.88. The van der Waals surface area contributed by atoms with Crippen molar-refractivity contribution in [2.75, 3.05) is 18.5 Å². The summed E-state index contributed by atoms with van der Waals surface area (Å²) in [5, 5.41) is 14.6. The third-order valence-corrected chi connectivity index (χ3v) is 3.83. The van der Waals surface area contributed by atoms with E-state index in [0.29, 0.717) is 17.4 Å². The van der Waals surface area contributed by atoms with Gasteiger partial charge in [-0.2, -0.15) is 4.52 Å². The maximum Gasteiger partial charge on any atom is 0.299 e. The molecule has 1 aliphatic heterocycles. The fourth-order valence-corrected chi connectivity index (χ4v) is 2.59. The number of alkyl halides is 2. The van der Waals surface area contributed by atoms with Gasteiger partial charge in [0, 0.05) is 19.3 Å². The van der Waals surface area contributed by atoms with Crippen LogP contribution in [0.25, 0.3) is 5.65 Å². The van der Waals surface area contributed by atoms with Gasteiger partial charge in [0.05, 0.1) is 0 Å². The Labute approximate surface area is 120 Å². The van der Waals surface area contributed by atoms with E-state index in [9.17, 15) is 8.78 Å². The van der Waals surface area contributed by atoms with E-state index in [2.05, 4.69) is 27.5 Å². The molecule has 0 radical (unpaired) electrons. The molecule has 8 heteroatoms. The molecule has 1 unspecified atom stereocenters. The van der Waals surface area contributed by atoms with E-state index in [1.54, 1.807) is 12.1 Å². The Morgan fingerprint density at radius 2 is 2.05 bits per heavy atom. The highest BCUT2D eigenvalue weighted by Crippen LogP contribution is 2.22. The Morgan fingerprint density at radius 3 is 2.76 bits per heavy atom. The molecule has 0 saturated carbocycles. The molecule has 0 amide bonds. The van der Waals surface area contributed by atoms with Crippen molar-refractivity contribution in [2.24, 2.45) is 5.92 Å². The Kier molecular flexibility index (Phi) is 3.96. The maximum atomic E-state index is 12.8. The average molecular weight is 297 g/mol. The molecule has 1 saturated heterocycles. The quantitative estimate of drug-likeness (QED) is 0.938. The van der Waals surface area contributed by atoms with Crippen molar-refractivity contribution < 1.29 is 13.5 Å². The predicted octanol–water partition coefficient (Wildman–Crippen LogP) is 2.29. The lowest BCUT2D eigenvalue weighted by Crippen LogP contribution is -2.31. The topological polar surface area (TPSA) is 64.3 Å². The molecule has 0 aliphatic carbocycles. The van der Waals surface area contributed by atoms with Crippen molar-refractivity contribution in [3.8, 4) is 0 Å². The summed E-state index contributed by atoms with van der Waals surface area (Å²) in [5.74, 6) is 0.599. The fourth-order valence-electron chi connectivity index (χ4n) is 2.59. The molecular weight excluding hydrogens is 280 g/mol. The highest BCUT2D eigenvalue weighted by atomic mass is 19.3. The third kappa shape index (κ3) is 2.94. The molecule has 21 heavy (non-hydrogen) atoms. The Bertz CT molecular complexity index is 612. The fraction of sp³-hybridized carbons (Fsp3) is 0.615. The first kappa shape index (κ1) is 14.1. The minimum atomic E-state index is -2.70. The highest BCUT2D eigenvalue weighted by molar-refractivity contribution is 5.44. The summed E-state index contributed by atoms with van der Waals surface area (Å²) in [6.07, 6.45) is -0.716. The van der Waals surface area contributed by atoms with Crippen LogP contribution >= 0.6 is 0 Å². The van der Waals surface area contributed by atoms with Gasteiger partial charge in [-0.05, 0) is 37.8 Å². The first-order valence-electron chi connectivity index (χ1n) is 7.00. The number of halogens is 2. The van der Waals surface area contributed by atoms with Crippen LogP contribution < -0.4 is 5.32 Å². The molecule has 1 fully saturated rings. The average Bonchev–Trinajstić information content (AvgIpc) is 2.91. The molecule has 6 nitrogen and oxygen atoms in total. The van der Waals surface area contributed by atoms with Gasteiger partial charge in [-0.25, -0.2) is 8.78 Å². The Hall–Kier alpha value is -1.83. The van der Waals surface area contributed by atoms with E-state index in [1.165, 1.54) is 0 Å². The molecular formula is C13H17F2N5O. The summed E-state index contributed by atoms with van der Waals surface area (Å²) < 4.78 is 32.1. The van der Waals surface area contributed by atoms with Gasteiger partial charge in [-0.3, -0.25) is 0 Å². The summed E-state index contributed by atoms with van der Waals surface area (Å²) in [6, 6.07) is 3.56. The third-order valence-electron chi connectivity index (χ3n) is 3.83. The van der Waals surface area contributed by atoms with Crippen molar-refractivity contribution in [1.29, 1.82) is 0 Å². The van der Waals surface area contributed by atoms with Gasteiger partial charge in [-0.1, -0.05) is 0 Å². The zero-order valence-electron chi connectivity index (χ0n) is 11.7. The number of rotatable bonds is 4. The van der Waals surface area contributed by atoms with Crippen molar-refractivity contribution in [1.82, 2.24) is 19.8 Å². The number of hydrogen-bond donors (Lipinski definition) is 1. The molecule has 0 spiro atoms. The number of nitrogens with zero attached hydrogens (tertiary/aromatic N) is 4. The molecule has 1 aliphatic rings. The van der Waals surface area contributed by atoms with Gasteiger partial charge in [-0.15, -0.1) is 15.3 Å². The molecule has 2 aromatic heterocycles. The summed E-state index contributed by atoms with van der Waals surface area (Å²) in [4.78, 5) is 0. The van der Waals surface area contributed by atoms with E-state index in [1.807, 2.05) is 0 Å². The number of hydrogen-bond acceptors (Lipinski definition) is 5. The normalized spacial score (nSPS) is 18.3. The van der Waals surface area contributed by atoms with Crippen LogP contribution in [0.4, 0.5) is 14.6 Å². The molecule has 0 aromatic carbocycles. The van der Waals surface area contributed by atoms with Crippen molar-refractivity contribution in [2.45, 2.75) is 32.2 Å². The van der Waals surface area contributed by atoms with Crippen molar-refractivity contribution in [3.05, 3.63) is 18.0 Å². The van der Waals surface area contributed by atoms with Crippen LogP contribution in [0.1, 0.15) is 32.0 Å². The smallest absolute Gasteiger partial charge is 0.299 e. The summed E-state index contributed by atoms with van der Waals surface area (Å²) in [7, 11) is 0. The number of ether oxygens (including phenoxy) is 1. The van der Waals surface area contributed by atoms with Gasteiger partial charge in [0.25, 0.3) is 6.43 Å². The van der Waals surface area contributed by atoms with E-state index in [0.717, 1.165) is 30.6 Å². The van der Waals surface area contributed by atoms with Gasteiger partial charge in [0.1, 0.15) is 5.82 Å². The SMILES string of the molecule is CC(Nc1ccc2nnc(C(F)F)n2n1)C1CCOCC1. The first-order valence-corrected chi connectivity index (χ1v) is 7.00. The standard InChI is InChI=1S/C13H17F2N5O/c1-8(9-4-6-21-7-5-9)16-10-2-3-11-17-18-13(12(14)15)20(11)19-10/h2-3,8-9,12H,4-7H2,1H3,(H,16,19). The molecule has 1 atom stereocenters. The van der Waals surface area contributed by atoms with Gasteiger partial charge in [0.2, 0.25) is 5.82 Å². The first-order chi connectivity index (χ1) is 10.1. The van der Waals surface area contributed by atoms with E-state index >= 15 is 0 Å². The summed E-state index contributed by atoms with van der Waals surface area (Å²) in [5.41, 5.74) is 0.314. The monoisotopic (exact) mass is 297 g/mol. The zero-order valence-corrected chi connectivity index (χ0v) is 11.7. The number of anilines is 1. The zero-order chi connectivity index (χ0) is 14.8. The number of fused-ring (bicyclic) bond motifs is 1. The molecule has 3 heterocycles. The second-order valence-corrected chi connectivity index (χ2v) is 5.23. The minimum absolute atomic E-state index is 0.199. The van der Waals surface area contributed by atoms with Crippen LogP contribution in [0, 0.1) is 5.92 Å². The minimum Gasteiger partial charge on any atom is -0.381 e. The second-order valence-electron chi connectivity index (χ2n) is 5.23. The molecule has 1 N–H and O–H groups in total. The van der Waals surface area contributed by atoms with Crippen LogP contribution in [0.3, 0.4) is 0 Å². The largest absolute Gasteiger partial charge is 0.381 e. The molecule has 0 bridgehead atoms. The van der Waals surface area contributed by atoms with Crippen LogP contribution in [0.5, 0.6) is 0 Å². The molecule has 3 rings (SSSR count). The van der Waals surface area contributed by atoms with Crippen LogP contribution in [0.2, 0.25) is 0 Å². The van der Waals surface area contributed by atoms with Crippen molar-refractivity contribution >= 4 is 11.5 Å². The summed E-state index contributed by atoms with van der Waals surface area (Å²) >= 11 is 0. The lowest BCUT2D eigenvalue weighted by Gasteiger charge is -2.28. The van der Waals surface area contributed by atoms with Crippen LogP contribution in [0.15, 0.2) is 12.1 Å². The Morgan fingerprint density at radius 1 is 1.29 bits per heavy atom. The van der Waals surface area contributed by atoms with E-state index < -0.39 is 12.2 Å². The van der Waals surface area contributed by atoms with Crippen LogP contribution in [-0.4, -0.2) is 39.1 Å². The summed E-state index contributed by atoms with van der Waals surface area (Å²) in [6.45, 7) is 3.61. The van der Waals surface area contributed by atoms with Gasteiger partial charge >= 0.3 is 0 Å². The lowest BCUT2D eigenvalue weighted by molar-refractivity contribution is 0.0622. The Balaban J connectivity index is 1.78. The van der Waals surface area contributed by atoms with Crippen molar-refractivity contribution in [3.63, 3.8) is 0 Å². The van der Waals surface area contributed by atoms with Gasteiger partial charge in [0.15, 0.2) is 5.65 Å². The lowest BCUT2D eigenvalue weighted by atomic mass is 9.93. The van der Waals surface area contributed by atoms with E-state index in [4.69, 9.17) is 4.74 Å². The highest BCUT2D eigenvalue weighted by Gasteiger charge is 2.21. The molecule has 2 aromatic rings. The maximum absolute atomic E-state index is 12.8. The van der Waals surface area contributed by atoms with E-state index in [-0.39, 0.29) is 6.04 Å². The van der Waals surface area contributed by atoms with Crippen LogP contribution in [-0.2, 0) is 4.74 Å². The number of nitrogens with one attached hydrogen (secondary N) is 1. The molecule has 114 valence electrons. The number of aromatic nitrogens is 4. The van der Waals surface area contributed by atoms with Gasteiger partial charge < -0.3 is 10.1 Å². The predicted molar refractivity (Wildman–Crippen MR) is 72.4 cm³/mol.